The van der Waals surface area contributed by atoms with Crippen LogP contribution in [-0.2, 0) is 14.8 Å². The Bertz CT molecular complexity index is 344. The fourth-order valence-electron chi connectivity index (χ4n) is 0.935. The highest BCUT2D eigenvalue weighted by atomic mass is 32.2. The van der Waals surface area contributed by atoms with Crippen LogP contribution in [0, 0.1) is 11.3 Å². The van der Waals surface area contributed by atoms with Crippen LogP contribution in [0.5, 0.6) is 0 Å². The van der Waals surface area contributed by atoms with E-state index in [1.807, 2.05) is 0 Å². The highest BCUT2D eigenvalue weighted by Gasteiger charge is 2.22. The molecule has 0 saturated heterocycles. The number of hydrogen-bond donors (Lipinski definition) is 2. The number of carboxylic acid groups (broad SMARTS) is 1. The summed E-state index contributed by atoms with van der Waals surface area (Å²) in [7, 11) is -3.62. The van der Waals surface area contributed by atoms with E-state index in [-0.39, 0.29) is 25.8 Å². The average Bonchev–Trinajstić information content (AvgIpc) is 2.14. The fraction of sp³-hybridized carbons (Fsp3) is 0.750. The van der Waals surface area contributed by atoms with E-state index < -0.39 is 21.2 Å². The molecule has 86 valence electrons. The molecule has 0 heterocycles. The molecule has 0 bridgehead atoms. The molecule has 0 aromatic carbocycles. The van der Waals surface area contributed by atoms with Gasteiger partial charge in [-0.1, -0.05) is 6.92 Å². The van der Waals surface area contributed by atoms with Crippen molar-refractivity contribution in [2.75, 3.05) is 6.54 Å². The number of carboxylic acids is 1. The van der Waals surface area contributed by atoms with Gasteiger partial charge in [-0.05, 0) is 12.8 Å². The predicted molar refractivity (Wildman–Crippen MR) is 53.5 cm³/mol. The SMILES string of the molecule is CCC(C#N)S(=O)(=O)NCCCC(=O)O. The zero-order valence-electron chi connectivity index (χ0n) is 8.43. The molecule has 0 fully saturated rings. The Labute approximate surface area is 89.0 Å². The Morgan fingerprint density at radius 3 is 2.60 bits per heavy atom. The minimum absolute atomic E-state index is 0.0484. The van der Waals surface area contributed by atoms with Gasteiger partial charge in [-0.2, -0.15) is 5.26 Å². The Hall–Kier alpha value is -1.13. The third kappa shape index (κ3) is 5.34. The van der Waals surface area contributed by atoms with E-state index in [2.05, 4.69) is 4.72 Å². The summed E-state index contributed by atoms with van der Waals surface area (Å²) in [5.74, 6) is -0.971. The highest BCUT2D eigenvalue weighted by molar-refractivity contribution is 7.90. The van der Waals surface area contributed by atoms with Crippen molar-refractivity contribution in [3.63, 3.8) is 0 Å². The molecule has 1 unspecified atom stereocenters. The van der Waals surface area contributed by atoms with Crippen LogP contribution in [0.15, 0.2) is 0 Å². The molecule has 0 aromatic heterocycles. The number of nitriles is 1. The Kier molecular flexibility index (Phi) is 5.89. The molecule has 0 saturated carbocycles. The molecule has 0 aliphatic heterocycles. The van der Waals surface area contributed by atoms with Crippen molar-refractivity contribution >= 4 is 16.0 Å². The largest absolute Gasteiger partial charge is 0.481 e. The van der Waals surface area contributed by atoms with Gasteiger partial charge in [-0.15, -0.1) is 0 Å². The monoisotopic (exact) mass is 234 g/mol. The first-order valence-corrected chi connectivity index (χ1v) is 6.08. The van der Waals surface area contributed by atoms with Crippen LogP contribution in [-0.4, -0.2) is 31.3 Å². The Morgan fingerprint density at radius 2 is 2.20 bits per heavy atom. The maximum atomic E-state index is 11.4. The van der Waals surface area contributed by atoms with Crippen molar-refractivity contribution in [3.8, 4) is 6.07 Å². The van der Waals surface area contributed by atoms with Crippen molar-refractivity contribution in [2.24, 2.45) is 0 Å². The molecule has 0 aromatic rings. The Balaban J connectivity index is 4.06. The highest BCUT2D eigenvalue weighted by Crippen LogP contribution is 2.02. The van der Waals surface area contributed by atoms with E-state index in [4.69, 9.17) is 10.4 Å². The molecule has 0 rings (SSSR count). The second kappa shape index (κ2) is 6.37. The lowest BCUT2D eigenvalue weighted by atomic mass is 10.3. The van der Waals surface area contributed by atoms with Crippen LogP contribution in [0.1, 0.15) is 26.2 Å². The van der Waals surface area contributed by atoms with Crippen molar-refractivity contribution in [3.05, 3.63) is 0 Å². The van der Waals surface area contributed by atoms with Crippen molar-refractivity contribution < 1.29 is 18.3 Å². The summed E-state index contributed by atoms with van der Waals surface area (Å²) >= 11 is 0. The third-order valence-electron chi connectivity index (χ3n) is 1.76. The quantitative estimate of drug-likeness (QED) is 0.606. The molecule has 1 atom stereocenters. The van der Waals surface area contributed by atoms with Gasteiger partial charge in [-0.25, -0.2) is 13.1 Å². The van der Waals surface area contributed by atoms with Crippen LogP contribution < -0.4 is 4.72 Å². The van der Waals surface area contributed by atoms with E-state index in [1.54, 1.807) is 13.0 Å². The zero-order valence-corrected chi connectivity index (χ0v) is 9.25. The number of nitrogens with one attached hydrogen (secondary N) is 1. The maximum absolute atomic E-state index is 11.4. The van der Waals surface area contributed by atoms with Gasteiger partial charge in [0, 0.05) is 13.0 Å². The number of hydrogen-bond acceptors (Lipinski definition) is 4. The molecule has 7 heteroatoms. The van der Waals surface area contributed by atoms with E-state index >= 15 is 0 Å². The topological polar surface area (TPSA) is 107 Å². The van der Waals surface area contributed by atoms with Crippen LogP contribution in [0.2, 0.25) is 0 Å². The molecule has 0 amide bonds. The number of sulfonamides is 1. The summed E-state index contributed by atoms with van der Waals surface area (Å²) in [4.78, 5) is 10.1. The van der Waals surface area contributed by atoms with Crippen LogP contribution in [0.25, 0.3) is 0 Å². The molecule has 2 N–H and O–H groups in total. The first kappa shape index (κ1) is 13.9. The number of rotatable bonds is 7. The molecular formula is C8H14N2O4S. The van der Waals surface area contributed by atoms with Crippen molar-refractivity contribution in [2.45, 2.75) is 31.4 Å². The summed E-state index contributed by atoms with van der Waals surface area (Å²) in [6.45, 7) is 1.65. The predicted octanol–water partition coefficient (Wildman–Crippen LogP) is 0.0728. The van der Waals surface area contributed by atoms with Gasteiger partial charge in [0.05, 0.1) is 6.07 Å². The van der Waals surface area contributed by atoms with E-state index in [0.717, 1.165) is 0 Å². The normalized spacial score (nSPS) is 13.1. The lowest BCUT2D eigenvalue weighted by molar-refractivity contribution is -0.137. The second-order valence-electron chi connectivity index (χ2n) is 2.96. The van der Waals surface area contributed by atoms with E-state index in [0.29, 0.717) is 0 Å². The first-order valence-electron chi connectivity index (χ1n) is 4.54. The summed E-state index contributed by atoms with van der Waals surface area (Å²) in [5, 5.41) is 15.8. The molecule has 0 radical (unpaired) electrons. The van der Waals surface area contributed by atoms with Gasteiger partial charge in [0.1, 0.15) is 0 Å². The summed E-state index contributed by atoms with van der Waals surface area (Å²) in [6.07, 6.45) is 0.340. The van der Waals surface area contributed by atoms with E-state index in [1.165, 1.54) is 0 Å². The minimum atomic E-state index is -3.62. The van der Waals surface area contributed by atoms with Gasteiger partial charge in [-0.3, -0.25) is 4.79 Å². The Morgan fingerprint density at radius 1 is 1.60 bits per heavy atom. The van der Waals surface area contributed by atoms with Crippen molar-refractivity contribution in [1.29, 1.82) is 5.26 Å². The lowest BCUT2D eigenvalue weighted by Crippen LogP contribution is -2.33. The van der Waals surface area contributed by atoms with Crippen LogP contribution >= 0.6 is 0 Å². The van der Waals surface area contributed by atoms with Gasteiger partial charge in [0.2, 0.25) is 10.0 Å². The minimum Gasteiger partial charge on any atom is -0.481 e. The summed E-state index contributed by atoms with van der Waals surface area (Å²) < 4.78 is 24.9. The molecular weight excluding hydrogens is 220 g/mol. The van der Waals surface area contributed by atoms with E-state index in [9.17, 15) is 13.2 Å². The third-order valence-corrected chi connectivity index (χ3v) is 3.55. The smallest absolute Gasteiger partial charge is 0.303 e. The zero-order chi connectivity index (χ0) is 11.9. The second-order valence-corrected chi connectivity index (χ2v) is 4.91. The van der Waals surface area contributed by atoms with Gasteiger partial charge < -0.3 is 5.11 Å². The lowest BCUT2D eigenvalue weighted by Gasteiger charge is -2.08. The molecule has 15 heavy (non-hydrogen) atoms. The molecule has 6 nitrogen and oxygen atoms in total. The standard InChI is InChI=1S/C8H14N2O4S/c1-2-7(6-9)15(13,14)10-5-3-4-8(11)12/h7,10H,2-5H2,1H3,(H,11,12). The molecule has 0 aliphatic rings. The van der Waals surface area contributed by atoms with Crippen molar-refractivity contribution in [1.82, 2.24) is 4.72 Å². The number of nitrogens with zero attached hydrogens (tertiary/aromatic N) is 1. The fourth-order valence-corrected chi connectivity index (χ4v) is 2.14. The van der Waals surface area contributed by atoms with Crippen LogP contribution in [0.3, 0.4) is 0 Å². The van der Waals surface area contributed by atoms with Gasteiger partial charge in [0.25, 0.3) is 0 Å². The maximum Gasteiger partial charge on any atom is 0.303 e. The first-order chi connectivity index (χ1) is 6.94. The van der Waals surface area contributed by atoms with Crippen LogP contribution in [0.4, 0.5) is 0 Å². The number of aliphatic carboxylic acids is 1. The summed E-state index contributed by atoms with van der Waals surface area (Å²) in [6, 6.07) is 1.67. The average molecular weight is 234 g/mol. The van der Waals surface area contributed by atoms with Gasteiger partial charge in [0.15, 0.2) is 5.25 Å². The molecule has 0 spiro atoms. The number of carbonyl (C=O) groups is 1. The van der Waals surface area contributed by atoms with Gasteiger partial charge >= 0.3 is 5.97 Å². The summed E-state index contributed by atoms with van der Waals surface area (Å²) in [5.41, 5.74) is 0. The molecule has 0 aliphatic carbocycles.